The monoisotopic (exact) mass is 471 g/mol. The Kier molecular flexibility index (Phi) is 6.65. The molecule has 4 rings (SSSR count). The molecule has 2 aromatic carbocycles. The van der Waals surface area contributed by atoms with Crippen molar-refractivity contribution in [3.63, 3.8) is 0 Å². The lowest BCUT2D eigenvalue weighted by atomic mass is 10.3. The minimum atomic E-state index is -0.0344. The van der Waals surface area contributed by atoms with E-state index < -0.39 is 0 Å². The number of allylic oxidation sites excluding steroid dienone is 2. The van der Waals surface area contributed by atoms with Gasteiger partial charge in [-0.1, -0.05) is 30.3 Å². The number of halogens is 1. The summed E-state index contributed by atoms with van der Waals surface area (Å²) in [5, 5.41) is 11.9. The minimum absolute atomic E-state index is 0.0344. The van der Waals surface area contributed by atoms with Crippen molar-refractivity contribution < 1.29 is 9.90 Å². The lowest BCUT2D eigenvalue weighted by Crippen LogP contribution is -2.29. The number of carbonyl (C=O) groups is 1. The molecule has 160 valence electrons. The van der Waals surface area contributed by atoms with Crippen LogP contribution in [-0.2, 0) is 4.79 Å². The summed E-state index contributed by atoms with van der Waals surface area (Å²) in [5.74, 6) is 0.154. The molecule has 0 spiro atoms. The fourth-order valence-electron chi connectivity index (χ4n) is 3.34. The Morgan fingerprint density at radius 2 is 1.84 bits per heavy atom. The molecule has 0 bridgehead atoms. The molecule has 0 aliphatic carbocycles. The molecule has 0 aromatic heterocycles. The van der Waals surface area contributed by atoms with E-state index in [0.717, 1.165) is 28.6 Å². The van der Waals surface area contributed by atoms with Crippen LogP contribution < -0.4 is 4.90 Å². The van der Waals surface area contributed by atoms with Crippen LogP contribution in [0.25, 0.3) is 0 Å². The molecule has 1 saturated heterocycles. The lowest BCUT2D eigenvalue weighted by Gasteiger charge is -2.17. The first-order chi connectivity index (χ1) is 15.0. The van der Waals surface area contributed by atoms with Crippen molar-refractivity contribution >= 4 is 57.6 Å². The maximum atomic E-state index is 13.0. The van der Waals surface area contributed by atoms with Crippen LogP contribution in [0.1, 0.15) is 20.3 Å². The van der Waals surface area contributed by atoms with Gasteiger partial charge in [0.1, 0.15) is 5.75 Å². The summed E-state index contributed by atoms with van der Waals surface area (Å²) in [6.45, 7) is 5.55. The van der Waals surface area contributed by atoms with Crippen LogP contribution in [0.4, 0.5) is 11.4 Å². The number of benzene rings is 2. The van der Waals surface area contributed by atoms with Gasteiger partial charge in [0.2, 0.25) is 0 Å². The van der Waals surface area contributed by atoms with E-state index in [1.807, 2.05) is 37.3 Å². The van der Waals surface area contributed by atoms with E-state index in [0.29, 0.717) is 27.3 Å². The third-order valence-electron chi connectivity index (χ3n) is 4.80. The van der Waals surface area contributed by atoms with Crippen molar-refractivity contribution in [2.45, 2.75) is 25.2 Å². The first-order valence-electron chi connectivity index (χ1n) is 10.0. The molecule has 5 nitrogen and oxygen atoms in total. The van der Waals surface area contributed by atoms with Crippen LogP contribution in [0.3, 0.4) is 0 Å². The predicted molar refractivity (Wildman–Crippen MR) is 131 cm³/mol. The lowest BCUT2D eigenvalue weighted by molar-refractivity contribution is -0.122. The maximum absolute atomic E-state index is 13.0. The average Bonchev–Trinajstić information content (AvgIpc) is 3.25. The number of hydrogen-bond donors (Lipinski definition) is 1. The highest BCUT2D eigenvalue weighted by atomic mass is 35.5. The molecule has 1 N–H and O–H groups in total. The molecule has 0 unspecified atom stereocenters. The fraction of sp³-hybridized carbons (Fsp3) is 0.217. The molecule has 2 heterocycles. The predicted octanol–water partition coefficient (Wildman–Crippen LogP) is 6.38. The summed E-state index contributed by atoms with van der Waals surface area (Å²) >= 11 is 9.23. The van der Waals surface area contributed by atoms with Gasteiger partial charge in [0.15, 0.2) is 5.17 Å². The first kappa shape index (κ1) is 21.9. The van der Waals surface area contributed by atoms with E-state index in [2.05, 4.69) is 16.8 Å². The summed E-state index contributed by atoms with van der Waals surface area (Å²) < 4.78 is 0. The number of aliphatic imine (C=N–C) groups is 1. The number of nitrogens with zero attached hydrogens (tertiary/aromatic N) is 3. The second-order valence-electron chi connectivity index (χ2n) is 6.96. The number of rotatable bonds is 5. The Hall–Kier alpha value is -2.35. The van der Waals surface area contributed by atoms with Gasteiger partial charge in [-0.15, -0.1) is 0 Å². The van der Waals surface area contributed by atoms with Crippen molar-refractivity contribution in [1.82, 2.24) is 4.90 Å². The Morgan fingerprint density at radius 3 is 2.55 bits per heavy atom. The number of amidine groups is 1. The first-order valence-corrected chi connectivity index (χ1v) is 12.1. The zero-order valence-corrected chi connectivity index (χ0v) is 19.6. The van der Waals surface area contributed by atoms with E-state index >= 15 is 0 Å². The standard InChI is InChI=1S/C23H22ClN3O2S2/c1-3-13-27-22(29)20(31-23(27)25-16-6-8-17(28)9-7-16)11-12-21-26(4-2)18-14-15(24)5-10-19(18)30-21/h5-12,14,28H,3-4,13H2,1-2H3/b20-11+,21-12-,25-23?. The second kappa shape index (κ2) is 9.42. The summed E-state index contributed by atoms with van der Waals surface area (Å²) in [4.78, 5) is 23.4. The second-order valence-corrected chi connectivity index (χ2v) is 9.47. The van der Waals surface area contributed by atoms with Gasteiger partial charge in [0.05, 0.1) is 21.3 Å². The van der Waals surface area contributed by atoms with Crippen molar-refractivity contribution in [3.05, 3.63) is 69.6 Å². The van der Waals surface area contributed by atoms with Crippen LogP contribution in [0.2, 0.25) is 5.02 Å². The number of phenols is 1. The molecule has 0 radical (unpaired) electrons. The molecule has 2 aromatic rings. The SMILES string of the molecule is CCCN1C(=O)/C(=C\C=C2/Sc3ccc(Cl)cc3N2CC)SC1=Nc1ccc(O)cc1. The van der Waals surface area contributed by atoms with E-state index in [4.69, 9.17) is 11.6 Å². The van der Waals surface area contributed by atoms with Crippen LogP contribution in [0.15, 0.2) is 74.4 Å². The maximum Gasteiger partial charge on any atom is 0.266 e. The van der Waals surface area contributed by atoms with Gasteiger partial charge in [-0.2, -0.15) is 0 Å². The summed E-state index contributed by atoms with van der Waals surface area (Å²) in [7, 11) is 0. The highest BCUT2D eigenvalue weighted by Gasteiger charge is 2.33. The molecule has 0 atom stereocenters. The van der Waals surface area contributed by atoms with E-state index in [1.165, 1.54) is 11.8 Å². The van der Waals surface area contributed by atoms with E-state index in [-0.39, 0.29) is 11.7 Å². The van der Waals surface area contributed by atoms with Gasteiger partial charge in [-0.25, -0.2) is 4.99 Å². The molecule has 1 amide bonds. The number of anilines is 1. The third-order valence-corrected chi connectivity index (χ3v) is 7.19. The van der Waals surface area contributed by atoms with Crippen LogP contribution in [0, 0.1) is 0 Å². The molecule has 31 heavy (non-hydrogen) atoms. The highest BCUT2D eigenvalue weighted by Crippen LogP contribution is 2.47. The largest absolute Gasteiger partial charge is 0.508 e. The van der Waals surface area contributed by atoms with Crippen LogP contribution >= 0.6 is 35.1 Å². The molecule has 2 aliphatic heterocycles. The average molecular weight is 472 g/mol. The van der Waals surface area contributed by atoms with Crippen molar-refractivity contribution in [2.75, 3.05) is 18.0 Å². The number of aromatic hydroxyl groups is 1. The Morgan fingerprint density at radius 1 is 1.06 bits per heavy atom. The van der Waals surface area contributed by atoms with Gasteiger partial charge >= 0.3 is 0 Å². The number of phenolic OH excluding ortho intramolecular Hbond substituents is 1. The summed E-state index contributed by atoms with van der Waals surface area (Å²) in [6, 6.07) is 12.5. The Labute approximate surface area is 195 Å². The molecular weight excluding hydrogens is 450 g/mol. The van der Waals surface area contributed by atoms with Gasteiger partial charge in [-0.3, -0.25) is 9.69 Å². The van der Waals surface area contributed by atoms with Gasteiger partial charge < -0.3 is 10.0 Å². The van der Waals surface area contributed by atoms with Crippen molar-refractivity contribution in [3.8, 4) is 5.75 Å². The van der Waals surface area contributed by atoms with Crippen molar-refractivity contribution in [1.29, 1.82) is 0 Å². The number of fused-ring (bicyclic) bond motifs is 1. The summed E-state index contributed by atoms with van der Waals surface area (Å²) in [5.41, 5.74) is 1.79. The Bertz CT molecular complexity index is 1100. The van der Waals surface area contributed by atoms with E-state index in [9.17, 15) is 9.90 Å². The number of carbonyl (C=O) groups excluding carboxylic acids is 1. The molecule has 0 saturated carbocycles. The normalized spacial score (nSPS) is 19.8. The number of amides is 1. The van der Waals surface area contributed by atoms with Gasteiger partial charge in [0, 0.05) is 23.0 Å². The van der Waals surface area contributed by atoms with Crippen molar-refractivity contribution in [2.24, 2.45) is 4.99 Å². The summed E-state index contributed by atoms with van der Waals surface area (Å²) in [6.07, 6.45) is 4.72. The number of thioether (sulfide) groups is 2. The molecule has 8 heteroatoms. The zero-order chi connectivity index (χ0) is 22.0. The topological polar surface area (TPSA) is 56.1 Å². The molecular formula is C23H22ClN3O2S2. The minimum Gasteiger partial charge on any atom is -0.508 e. The van der Waals surface area contributed by atoms with Gasteiger partial charge in [0.25, 0.3) is 5.91 Å². The third kappa shape index (κ3) is 4.63. The van der Waals surface area contributed by atoms with Gasteiger partial charge in [-0.05, 0) is 79.7 Å². The molecule has 1 fully saturated rings. The highest BCUT2D eigenvalue weighted by molar-refractivity contribution is 8.18. The smallest absolute Gasteiger partial charge is 0.266 e. The van der Waals surface area contributed by atoms with E-state index in [1.54, 1.807) is 40.9 Å². The zero-order valence-electron chi connectivity index (χ0n) is 17.2. The fourth-order valence-corrected chi connectivity index (χ4v) is 5.58. The molecule has 2 aliphatic rings. The quantitative estimate of drug-likeness (QED) is 0.513. The van der Waals surface area contributed by atoms with Crippen LogP contribution in [0.5, 0.6) is 5.75 Å². The Balaban J connectivity index is 1.62. The van der Waals surface area contributed by atoms with Crippen LogP contribution in [-0.4, -0.2) is 34.2 Å². The number of hydrogen-bond acceptors (Lipinski definition) is 6.